The number of hydrogen-bond acceptors (Lipinski definition) is 6. The van der Waals surface area contributed by atoms with Gasteiger partial charge in [-0.25, -0.2) is 9.97 Å². The molecule has 1 aromatic heterocycles. The summed E-state index contributed by atoms with van der Waals surface area (Å²) in [6, 6.07) is 24.7. The predicted molar refractivity (Wildman–Crippen MR) is 116 cm³/mol. The van der Waals surface area contributed by atoms with Crippen LogP contribution in [0.2, 0.25) is 0 Å². The quantitative estimate of drug-likeness (QED) is 0.192. The van der Waals surface area contributed by atoms with E-state index in [2.05, 4.69) is 22.4 Å². The molecule has 4 aromatic rings. The molecule has 0 aliphatic heterocycles. The number of anilines is 1. The molecule has 0 unspecified atom stereocenters. The Morgan fingerprint density at radius 1 is 0.897 bits per heavy atom. The van der Waals surface area contributed by atoms with Gasteiger partial charge in [-0.3, -0.25) is 10.1 Å². The van der Waals surface area contributed by atoms with Crippen LogP contribution in [0.1, 0.15) is 11.1 Å². The van der Waals surface area contributed by atoms with E-state index in [1.165, 1.54) is 23.4 Å². The maximum absolute atomic E-state index is 11.0. The van der Waals surface area contributed by atoms with Crippen LogP contribution in [0.5, 0.6) is 0 Å². The number of nitro groups is 1. The van der Waals surface area contributed by atoms with Crippen molar-refractivity contribution >= 4 is 34.2 Å². The molecule has 4 rings (SSSR count). The van der Waals surface area contributed by atoms with Crippen LogP contribution >= 0.6 is 11.8 Å². The van der Waals surface area contributed by atoms with E-state index >= 15 is 0 Å². The third-order valence-corrected chi connectivity index (χ3v) is 5.29. The molecular formula is C22H18N4O2S. The first-order valence-electron chi connectivity index (χ1n) is 9.10. The number of nitrogens with one attached hydrogen (secondary N) is 1. The molecule has 1 N–H and O–H groups in total. The number of thioether (sulfide) groups is 1. The van der Waals surface area contributed by atoms with Gasteiger partial charge in [-0.2, -0.15) is 0 Å². The maximum atomic E-state index is 11.0. The monoisotopic (exact) mass is 402 g/mol. The molecule has 0 aliphatic rings. The molecule has 7 heteroatoms. The molecule has 0 bridgehead atoms. The van der Waals surface area contributed by atoms with Gasteiger partial charge in [-0.05, 0) is 23.3 Å². The Bertz CT molecular complexity index is 1150. The van der Waals surface area contributed by atoms with E-state index in [0.717, 1.165) is 22.3 Å². The van der Waals surface area contributed by atoms with Crippen LogP contribution in [-0.2, 0) is 12.3 Å². The predicted octanol–water partition coefficient (Wildman–Crippen LogP) is 5.44. The van der Waals surface area contributed by atoms with Gasteiger partial charge in [0.2, 0.25) is 0 Å². The number of rotatable bonds is 7. The lowest BCUT2D eigenvalue weighted by Crippen LogP contribution is -2.04. The van der Waals surface area contributed by atoms with E-state index < -0.39 is 0 Å². The first kappa shape index (κ1) is 18.9. The second kappa shape index (κ2) is 8.70. The smallest absolute Gasteiger partial charge is 0.269 e. The Morgan fingerprint density at radius 3 is 2.48 bits per heavy atom. The molecule has 3 aromatic carbocycles. The summed E-state index contributed by atoms with van der Waals surface area (Å²) in [5.41, 5.74) is 2.98. The Balaban J connectivity index is 1.56. The molecule has 1 heterocycles. The van der Waals surface area contributed by atoms with Crippen molar-refractivity contribution < 1.29 is 4.92 Å². The van der Waals surface area contributed by atoms with Crippen LogP contribution < -0.4 is 5.32 Å². The Kier molecular flexibility index (Phi) is 5.67. The zero-order valence-electron chi connectivity index (χ0n) is 15.5. The van der Waals surface area contributed by atoms with E-state index in [1.807, 2.05) is 48.5 Å². The molecule has 144 valence electrons. The number of benzene rings is 3. The minimum absolute atomic E-state index is 0.0905. The normalized spacial score (nSPS) is 10.8. The van der Waals surface area contributed by atoms with Crippen LogP contribution in [0.3, 0.4) is 0 Å². The van der Waals surface area contributed by atoms with Gasteiger partial charge in [-0.15, -0.1) is 0 Å². The summed E-state index contributed by atoms with van der Waals surface area (Å²) in [6.45, 7) is 0.664. The number of hydrogen-bond donors (Lipinski definition) is 1. The second-order valence-corrected chi connectivity index (χ2v) is 7.37. The molecule has 0 spiro atoms. The van der Waals surface area contributed by atoms with Gasteiger partial charge < -0.3 is 5.32 Å². The molecule has 0 aliphatic carbocycles. The van der Waals surface area contributed by atoms with Crippen LogP contribution in [0.25, 0.3) is 10.9 Å². The molecule has 29 heavy (non-hydrogen) atoms. The van der Waals surface area contributed by atoms with E-state index in [1.54, 1.807) is 12.1 Å². The summed E-state index contributed by atoms with van der Waals surface area (Å²) in [5, 5.41) is 16.0. The first-order valence-corrected chi connectivity index (χ1v) is 10.1. The number of aromatic nitrogens is 2. The summed E-state index contributed by atoms with van der Waals surface area (Å²) in [4.78, 5) is 19.9. The topological polar surface area (TPSA) is 81.0 Å². The summed E-state index contributed by atoms with van der Waals surface area (Å²) in [5.74, 6) is 1.33. The molecule has 0 fully saturated rings. The van der Waals surface area contributed by atoms with Crippen molar-refractivity contribution in [2.45, 2.75) is 17.5 Å². The van der Waals surface area contributed by atoms with Crippen molar-refractivity contribution in [3.8, 4) is 0 Å². The van der Waals surface area contributed by atoms with Crippen molar-refractivity contribution in [3.63, 3.8) is 0 Å². The maximum Gasteiger partial charge on any atom is 0.269 e. The summed E-state index contributed by atoms with van der Waals surface area (Å²) < 4.78 is 0. The van der Waals surface area contributed by atoms with Crippen molar-refractivity contribution in [2.75, 3.05) is 5.32 Å². The van der Waals surface area contributed by atoms with Gasteiger partial charge in [0.15, 0.2) is 5.16 Å². The molecule has 0 atom stereocenters. The summed E-state index contributed by atoms with van der Waals surface area (Å²) in [6.07, 6.45) is 0. The molecule has 6 nitrogen and oxygen atoms in total. The molecule has 0 saturated carbocycles. The van der Waals surface area contributed by atoms with E-state index in [-0.39, 0.29) is 10.6 Å². The van der Waals surface area contributed by atoms with Crippen molar-refractivity contribution in [1.29, 1.82) is 0 Å². The molecular weight excluding hydrogens is 384 g/mol. The van der Waals surface area contributed by atoms with Gasteiger partial charge in [0.25, 0.3) is 5.69 Å². The largest absolute Gasteiger partial charge is 0.365 e. The minimum atomic E-state index is -0.383. The van der Waals surface area contributed by atoms with Gasteiger partial charge in [0.05, 0.1) is 10.4 Å². The highest BCUT2D eigenvalue weighted by molar-refractivity contribution is 7.98. The lowest BCUT2D eigenvalue weighted by molar-refractivity contribution is -0.384. The number of nitro benzene ring substituents is 1. The second-order valence-electron chi connectivity index (χ2n) is 6.43. The lowest BCUT2D eigenvalue weighted by Gasteiger charge is -2.11. The molecule has 0 amide bonds. The van der Waals surface area contributed by atoms with Crippen LogP contribution in [-0.4, -0.2) is 14.9 Å². The molecule has 0 saturated heterocycles. The highest BCUT2D eigenvalue weighted by atomic mass is 32.2. The fourth-order valence-electron chi connectivity index (χ4n) is 2.94. The van der Waals surface area contributed by atoms with Gasteiger partial charge in [0.1, 0.15) is 5.82 Å². The van der Waals surface area contributed by atoms with Crippen LogP contribution in [0, 0.1) is 10.1 Å². The van der Waals surface area contributed by atoms with Gasteiger partial charge in [0, 0.05) is 29.8 Å². The van der Waals surface area contributed by atoms with Crippen molar-refractivity contribution in [2.24, 2.45) is 0 Å². The van der Waals surface area contributed by atoms with Gasteiger partial charge >= 0.3 is 0 Å². The average molecular weight is 402 g/mol. The lowest BCUT2D eigenvalue weighted by atomic mass is 10.2. The third-order valence-electron chi connectivity index (χ3n) is 4.37. The van der Waals surface area contributed by atoms with Crippen LogP contribution in [0.15, 0.2) is 84.0 Å². The average Bonchev–Trinajstić information content (AvgIpc) is 2.77. The number of fused-ring (bicyclic) bond motifs is 1. The van der Waals surface area contributed by atoms with Crippen molar-refractivity contribution in [1.82, 2.24) is 9.97 Å². The Labute approximate surface area is 172 Å². The van der Waals surface area contributed by atoms with Crippen molar-refractivity contribution in [3.05, 3.63) is 100 Å². The first-order chi connectivity index (χ1) is 14.2. The fraction of sp³-hybridized carbons (Fsp3) is 0.0909. The van der Waals surface area contributed by atoms with Gasteiger partial charge in [-0.1, -0.05) is 66.4 Å². The molecule has 0 radical (unpaired) electrons. The number of non-ortho nitro benzene ring substituents is 1. The highest BCUT2D eigenvalue weighted by Crippen LogP contribution is 2.27. The fourth-order valence-corrected chi connectivity index (χ4v) is 3.74. The third kappa shape index (κ3) is 4.70. The SMILES string of the molecule is O=[N+]([O-])c1cccc(CSc2nc(NCc3ccccc3)c3ccccc3n2)c1. The van der Waals surface area contributed by atoms with E-state index in [4.69, 9.17) is 4.98 Å². The zero-order valence-corrected chi connectivity index (χ0v) is 16.3. The highest BCUT2D eigenvalue weighted by Gasteiger charge is 2.10. The van der Waals surface area contributed by atoms with Crippen LogP contribution in [0.4, 0.5) is 11.5 Å². The van der Waals surface area contributed by atoms with E-state index in [0.29, 0.717) is 17.5 Å². The summed E-state index contributed by atoms with van der Waals surface area (Å²) in [7, 11) is 0. The van der Waals surface area contributed by atoms with E-state index in [9.17, 15) is 10.1 Å². The minimum Gasteiger partial charge on any atom is -0.365 e. The Morgan fingerprint density at radius 2 is 1.66 bits per heavy atom. The summed E-state index contributed by atoms with van der Waals surface area (Å²) >= 11 is 1.46. The number of nitrogens with zero attached hydrogens (tertiary/aromatic N) is 3. The Hall–Kier alpha value is -3.45. The number of para-hydroxylation sites is 1. The zero-order chi connectivity index (χ0) is 20.1. The standard InChI is InChI=1S/C22H18N4O2S/c27-26(28)18-10-6-9-17(13-18)15-29-22-24-20-12-5-4-11-19(20)21(25-22)23-14-16-7-2-1-3-8-16/h1-13H,14-15H2,(H,23,24,25).